The Labute approximate surface area is 153 Å². The van der Waals surface area contributed by atoms with Gasteiger partial charge in [-0.3, -0.25) is 4.79 Å². The Morgan fingerprint density at radius 3 is 2.19 bits per heavy atom. The van der Waals surface area contributed by atoms with Crippen molar-refractivity contribution in [2.75, 3.05) is 5.32 Å². The molecule has 4 aromatic rings. The minimum Gasteiger partial charge on any atom is -0.416 e. The Bertz CT molecular complexity index is 1200. The molecule has 0 unspecified atom stereocenters. The van der Waals surface area contributed by atoms with Crippen LogP contribution < -0.4 is 10.9 Å². The molecule has 132 valence electrons. The minimum atomic E-state index is -0.693. The summed E-state index contributed by atoms with van der Waals surface area (Å²) in [5.41, 5.74) is 0.594. The Morgan fingerprint density at radius 1 is 0.815 bits per heavy atom. The third kappa shape index (κ3) is 3.11. The highest BCUT2D eigenvalue weighted by atomic mass is 19.1. The SMILES string of the molecule is O=C(Nc1ccccc1F)c1oc(=O)c2ccccc2c1-c1ccccc1. The Balaban J connectivity index is 1.93. The van der Waals surface area contributed by atoms with E-state index in [1.165, 1.54) is 18.2 Å². The molecule has 1 amide bonds. The molecule has 0 bridgehead atoms. The summed E-state index contributed by atoms with van der Waals surface area (Å²) in [5, 5.41) is 3.45. The van der Waals surface area contributed by atoms with Crippen LogP contribution in [0.3, 0.4) is 0 Å². The highest BCUT2D eigenvalue weighted by Crippen LogP contribution is 2.31. The monoisotopic (exact) mass is 359 g/mol. The largest absolute Gasteiger partial charge is 0.416 e. The molecular weight excluding hydrogens is 345 g/mol. The van der Waals surface area contributed by atoms with Gasteiger partial charge in [-0.05, 0) is 23.8 Å². The van der Waals surface area contributed by atoms with Crippen molar-refractivity contribution in [2.45, 2.75) is 0 Å². The quantitative estimate of drug-likeness (QED) is 0.569. The molecular formula is C22H14FNO3. The molecule has 5 heteroatoms. The second-order valence-electron chi connectivity index (χ2n) is 5.94. The smallest absolute Gasteiger partial charge is 0.344 e. The summed E-state index contributed by atoms with van der Waals surface area (Å²) in [5.74, 6) is -1.43. The summed E-state index contributed by atoms with van der Waals surface area (Å²) in [6.45, 7) is 0. The summed E-state index contributed by atoms with van der Waals surface area (Å²) >= 11 is 0. The van der Waals surface area contributed by atoms with Crippen LogP contribution in [0.25, 0.3) is 21.9 Å². The van der Waals surface area contributed by atoms with Gasteiger partial charge in [0.25, 0.3) is 5.91 Å². The lowest BCUT2D eigenvalue weighted by Crippen LogP contribution is -2.17. The van der Waals surface area contributed by atoms with Crippen LogP contribution in [0.1, 0.15) is 10.6 Å². The molecule has 1 N–H and O–H groups in total. The fraction of sp³-hybridized carbons (Fsp3) is 0. The Morgan fingerprint density at radius 2 is 1.44 bits per heavy atom. The zero-order chi connectivity index (χ0) is 18.8. The number of halogens is 1. The van der Waals surface area contributed by atoms with Gasteiger partial charge in [0.1, 0.15) is 5.82 Å². The molecule has 4 nitrogen and oxygen atoms in total. The average Bonchev–Trinajstić information content (AvgIpc) is 2.70. The van der Waals surface area contributed by atoms with Crippen LogP contribution in [0.2, 0.25) is 0 Å². The van der Waals surface area contributed by atoms with Crippen LogP contribution in [0.4, 0.5) is 10.1 Å². The number of para-hydroxylation sites is 1. The molecule has 3 aromatic carbocycles. The molecule has 4 rings (SSSR count). The molecule has 0 aliphatic heterocycles. The van der Waals surface area contributed by atoms with Crippen molar-refractivity contribution >= 4 is 22.4 Å². The zero-order valence-electron chi connectivity index (χ0n) is 14.1. The number of benzene rings is 3. The van der Waals surface area contributed by atoms with Crippen molar-refractivity contribution in [3.8, 4) is 11.1 Å². The lowest BCUT2D eigenvalue weighted by molar-refractivity contribution is 0.0993. The van der Waals surface area contributed by atoms with E-state index in [0.717, 1.165) is 5.56 Å². The second kappa shape index (κ2) is 6.88. The van der Waals surface area contributed by atoms with E-state index in [1.807, 2.05) is 30.3 Å². The van der Waals surface area contributed by atoms with Crippen LogP contribution >= 0.6 is 0 Å². The first kappa shape index (κ1) is 16.7. The third-order valence-corrected chi connectivity index (χ3v) is 4.23. The van der Waals surface area contributed by atoms with E-state index in [-0.39, 0.29) is 11.4 Å². The van der Waals surface area contributed by atoms with Gasteiger partial charge in [0.2, 0.25) is 5.76 Å². The van der Waals surface area contributed by atoms with E-state index in [2.05, 4.69) is 5.32 Å². The molecule has 0 atom stereocenters. The summed E-state index contributed by atoms with van der Waals surface area (Å²) in [4.78, 5) is 25.2. The van der Waals surface area contributed by atoms with E-state index in [9.17, 15) is 14.0 Å². The fourth-order valence-electron chi connectivity index (χ4n) is 2.99. The van der Waals surface area contributed by atoms with Crippen molar-refractivity contribution in [2.24, 2.45) is 0 Å². The number of anilines is 1. The topological polar surface area (TPSA) is 59.3 Å². The van der Waals surface area contributed by atoms with Gasteiger partial charge >= 0.3 is 5.63 Å². The van der Waals surface area contributed by atoms with Gasteiger partial charge in [-0.2, -0.15) is 0 Å². The van der Waals surface area contributed by atoms with Crippen molar-refractivity contribution in [3.05, 3.63) is 101 Å². The van der Waals surface area contributed by atoms with Gasteiger partial charge in [-0.15, -0.1) is 0 Å². The Hall–Kier alpha value is -3.73. The molecule has 27 heavy (non-hydrogen) atoms. The van der Waals surface area contributed by atoms with Crippen LogP contribution in [0.15, 0.2) is 88.1 Å². The number of hydrogen-bond donors (Lipinski definition) is 1. The predicted octanol–water partition coefficient (Wildman–Crippen LogP) is 4.85. The molecule has 0 aliphatic carbocycles. The maximum absolute atomic E-state index is 13.9. The average molecular weight is 359 g/mol. The zero-order valence-corrected chi connectivity index (χ0v) is 14.1. The molecule has 0 saturated heterocycles. The first-order valence-corrected chi connectivity index (χ1v) is 8.32. The fourth-order valence-corrected chi connectivity index (χ4v) is 2.99. The molecule has 0 fully saturated rings. The molecule has 0 radical (unpaired) electrons. The summed E-state index contributed by atoms with van der Waals surface area (Å²) in [6, 6.07) is 21.9. The lowest BCUT2D eigenvalue weighted by Gasteiger charge is -2.12. The number of amides is 1. The highest BCUT2D eigenvalue weighted by Gasteiger charge is 2.22. The second-order valence-corrected chi connectivity index (χ2v) is 5.94. The number of carbonyl (C=O) groups excluding carboxylic acids is 1. The molecule has 1 heterocycles. The van der Waals surface area contributed by atoms with E-state index in [1.54, 1.807) is 30.3 Å². The van der Waals surface area contributed by atoms with E-state index in [4.69, 9.17) is 4.42 Å². The van der Waals surface area contributed by atoms with Gasteiger partial charge in [-0.1, -0.05) is 60.7 Å². The van der Waals surface area contributed by atoms with E-state index >= 15 is 0 Å². The molecule has 0 spiro atoms. The Kier molecular flexibility index (Phi) is 4.26. The van der Waals surface area contributed by atoms with Crippen LogP contribution in [-0.2, 0) is 0 Å². The van der Waals surface area contributed by atoms with Gasteiger partial charge in [0.15, 0.2) is 0 Å². The normalized spacial score (nSPS) is 10.7. The molecule has 0 saturated carbocycles. The van der Waals surface area contributed by atoms with Gasteiger partial charge < -0.3 is 9.73 Å². The summed E-state index contributed by atoms with van der Waals surface area (Å²) in [7, 11) is 0. The van der Waals surface area contributed by atoms with E-state index in [0.29, 0.717) is 16.3 Å². The molecule has 1 aromatic heterocycles. The van der Waals surface area contributed by atoms with Crippen molar-refractivity contribution in [1.29, 1.82) is 0 Å². The van der Waals surface area contributed by atoms with Gasteiger partial charge in [-0.25, -0.2) is 9.18 Å². The van der Waals surface area contributed by atoms with E-state index < -0.39 is 17.3 Å². The van der Waals surface area contributed by atoms with Gasteiger partial charge in [0, 0.05) is 10.9 Å². The number of nitrogens with one attached hydrogen (secondary N) is 1. The van der Waals surface area contributed by atoms with Crippen LogP contribution in [0.5, 0.6) is 0 Å². The number of rotatable bonds is 3. The number of carbonyl (C=O) groups is 1. The first-order valence-electron chi connectivity index (χ1n) is 8.32. The predicted molar refractivity (Wildman–Crippen MR) is 102 cm³/mol. The van der Waals surface area contributed by atoms with Crippen molar-refractivity contribution < 1.29 is 13.6 Å². The molecule has 0 aliphatic rings. The summed E-state index contributed by atoms with van der Waals surface area (Å²) < 4.78 is 19.3. The standard InChI is InChI=1S/C22H14FNO3/c23-17-12-6-7-13-18(17)24-21(25)20-19(14-8-2-1-3-9-14)15-10-4-5-11-16(15)22(26)27-20/h1-13H,(H,24,25). The third-order valence-electron chi connectivity index (χ3n) is 4.23. The summed E-state index contributed by atoms with van der Waals surface area (Å²) in [6.07, 6.45) is 0. The maximum Gasteiger partial charge on any atom is 0.344 e. The lowest BCUT2D eigenvalue weighted by atomic mass is 9.98. The van der Waals surface area contributed by atoms with Crippen molar-refractivity contribution in [3.63, 3.8) is 0 Å². The van der Waals surface area contributed by atoms with Crippen molar-refractivity contribution in [1.82, 2.24) is 0 Å². The van der Waals surface area contributed by atoms with Crippen LogP contribution in [-0.4, -0.2) is 5.91 Å². The highest BCUT2D eigenvalue weighted by molar-refractivity contribution is 6.11. The number of hydrogen-bond acceptors (Lipinski definition) is 3. The van der Waals surface area contributed by atoms with Gasteiger partial charge in [0.05, 0.1) is 11.1 Å². The number of fused-ring (bicyclic) bond motifs is 1. The maximum atomic E-state index is 13.9. The minimum absolute atomic E-state index is 0.0114. The first-order chi connectivity index (χ1) is 13.1. The van der Waals surface area contributed by atoms with Crippen LogP contribution in [0, 0.1) is 5.82 Å².